The molecule has 3 nitrogen and oxygen atoms in total. The van der Waals surface area contributed by atoms with Gasteiger partial charge >= 0.3 is 0 Å². The first kappa shape index (κ1) is 9.60. The molecule has 2 rings (SSSR count). The van der Waals surface area contributed by atoms with Crippen LogP contribution in [0.3, 0.4) is 0 Å². The van der Waals surface area contributed by atoms with Crippen molar-refractivity contribution in [1.29, 1.82) is 0 Å². The highest BCUT2D eigenvalue weighted by Crippen LogP contribution is 2.29. The summed E-state index contributed by atoms with van der Waals surface area (Å²) < 4.78 is 5.26. The number of methoxy groups -OCH3 is 1. The van der Waals surface area contributed by atoms with Crippen molar-refractivity contribution in [3.05, 3.63) is 40.9 Å². The van der Waals surface area contributed by atoms with E-state index in [-0.39, 0.29) is 0 Å². The number of ether oxygens (including phenoxy) is 1. The van der Waals surface area contributed by atoms with E-state index in [1.54, 1.807) is 7.11 Å². The Balaban J connectivity index is 2.71. The Hall–Kier alpha value is -1.95. The predicted molar refractivity (Wildman–Crippen MR) is 59.9 cm³/mol. The number of aromatic amines is 1. The van der Waals surface area contributed by atoms with E-state index in [0.29, 0.717) is 6.54 Å². The fourth-order valence-electron chi connectivity index (χ4n) is 1.89. The van der Waals surface area contributed by atoms with Gasteiger partial charge in [-0.05, 0) is 19.1 Å². The van der Waals surface area contributed by atoms with Gasteiger partial charge in [0.15, 0.2) is 0 Å². The van der Waals surface area contributed by atoms with Gasteiger partial charge in [-0.2, -0.15) is 0 Å². The number of rotatable bonds is 2. The monoisotopic (exact) mass is 200 g/mol. The number of hydrogen-bond donors (Lipinski definition) is 1. The molecule has 0 bridgehead atoms. The lowest BCUT2D eigenvalue weighted by molar-refractivity contribution is 0.412. The second-order valence-corrected chi connectivity index (χ2v) is 3.45. The molecule has 0 fully saturated rings. The van der Waals surface area contributed by atoms with Gasteiger partial charge in [-0.1, -0.05) is 0 Å². The van der Waals surface area contributed by atoms with Crippen LogP contribution < -0.4 is 4.74 Å². The third-order valence-corrected chi connectivity index (χ3v) is 2.61. The molecule has 15 heavy (non-hydrogen) atoms. The first-order valence-electron chi connectivity index (χ1n) is 4.74. The van der Waals surface area contributed by atoms with Crippen LogP contribution in [0.1, 0.15) is 11.1 Å². The summed E-state index contributed by atoms with van der Waals surface area (Å²) in [6, 6.07) is 3.92. The minimum absolute atomic E-state index is 0.411. The van der Waals surface area contributed by atoms with Gasteiger partial charge in [-0.3, -0.25) is 0 Å². The van der Waals surface area contributed by atoms with Gasteiger partial charge in [-0.25, -0.2) is 6.57 Å². The van der Waals surface area contributed by atoms with Gasteiger partial charge in [0.05, 0.1) is 12.7 Å². The highest BCUT2D eigenvalue weighted by Gasteiger charge is 2.11. The van der Waals surface area contributed by atoms with Gasteiger partial charge in [-0.15, -0.1) is 0 Å². The Bertz CT molecular complexity index is 534. The summed E-state index contributed by atoms with van der Waals surface area (Å²) in [5.41, 5.74) is 3.19. The highest BCUT2D eigenvalue weighted by atomic mass is 16.5. The van der Waals surface area contributed by atoms with Crippen LogP contribution in [-0.4, -0.2) is 12.1 Å². The summed E-state index contributed by atoms with van der Waals surface area (Å²) in [7, 11) is 1.66. The maximum atomic E-state index is 6.90. The fourth-order valence-corrected chi connectivity index (χ4v) is 1.89. The van der Waals surface area contributed by atoms with E-state index in [4.69, 9.17) is 11.3 Å². The van der Waals surface area contributed by atoms with Gasteiger partial charge in [0.25, 0.3) is 0 Å². The van der Waals surface area contributed by atoms with Crippen molar-refractivity contribution >= 4 is 10.9 Å². The number of nitrogens with zero attached hydrogens (tertiary/aromatic N) is 1. The Morgan fingerprint density at radius 2 is 2.27 bits per heavy atom. The van der Waals surface area contributed by atoms with E-state index in [1.807, 2.05) is 25.3 Å². The maximum absolute atomic E-state index is 6.90. The Kier molecular flexibility index (Phi) is 2.34. The normalized spacial score (nSPS) is 10.2. The third-order valence-electron chi connectivity index (χ3n) is 2.61. The molecule has 76 valence electrons. The summed E-state index contributed by atoms with van der Waals surface area (Å²) in [6.07, 6.45) is 1.90. The van der Waals surface area contributed by atoms with Crippen molar-refractivity contribution in [2.75, 3.05) is 7.11 Å². The molecule has 1 heterocycles. The highest BCUT2D eigenvalue weighted by molar-refractivity contribution is 5.88. The zero-order valence-corrected chi connectivity index (χ0v) is 8.79. The molecule has 0 aliphatic heterocycles. The van der Waals surface area contributed by atoms with Crippen LogP contribution in [0.5, 0.6) is 5.75 Å². The zero-order chi connectivity index (χ0) is 10.8. The molecular formula is C12H12N2O. The lowest BCUT2D eigenvalue weighted by atomic mass is 10.1. The molecule has 0 atom stereocenters. The van der Waals surface area contributed by atoms with Gasteiger partial charge in [0.1, 0.15) is 5.75 Å². The first-order chi connectivity index (χ1) is 7.27. The van der Waals surface area contributed by atoms with Gasteiger partial charge < -0.3 is 14.6 Å². The molecule has 0 aliphatic rings. The second-order valence-electron chi connectivity index (χ2n) is 3.45. The predicted octanol–water partition coefficient (Wildman–Crippen LogP) is 2.90. The van der Waals surface area contributed by atoms with Crippen LogP contribution >= 0.6 is 0 Å². The molecule has 0 saturated carbocycles. The largest absolute Gasteiger partial charge is 0.496 e. The minimum atomic E-state index is 0.411. The van der Waals surface area contributed by atoms with Crippen LogP contribution in [0, 0.1) is 13.5 Å². The van der Waals surface area contributed by atoms with E-state index in [1.165, 1.54) is 0 Å². The SMILES string of the molecule is [C-]#[N+]Cc1c[nH]c2ccc(OC)c(C)c12. The molecule has 0 spiro atoms. The number of aryl methyl sites for hydroxylation is 1. The summed E-state index contributed by atoms with van der Waals surface area (Å²) in [5.74, 6) is 0.869. The Morgan fingerprint density at radius 3 is 2.93 bits per heavy atom. The molecule has 1 N–H and O–H groups in total. The fraction of sp³-hybridized carbons (Fsp3) is 0.250. The van der Waals surface area contributed by atoms with Crippen molar-refractivity contribution in [3.63, 3.8) is 0 Å². The van der Waals surface area contributed by atoms with E-state index >= 15 is 0 Å². The smallest absolute Gasteiger partial charge is 0.241 e. The standard InChI is InChI=1S/C12H12N2O/c1-8-11(15-3)5-4-10-12(8)9(6-13-2)7-14-10/h4-5,7,14H,6H2,1,3H3. The topological polar surface area (TPSA) is 29.4 Å². The van der Waals surface area contributed by atoms with E-state index in [9.17, 15) is 0 Å². The molecule has 0 unspecified atom stereocenters. The molecular weight excluding hydrogens is 188 g/mol. The Labute approximate surface area is 88.5 Å². The van der Waals surface area contributed by atoms with E-state index in [2.05, 4.69) is 9.83 Å². The molecule has 2 aromatic rings. The van der Waals surface area contributed by atoms with Crippen molar-refractivity contribution < 1.29 is 4.74 Å². The molecule has 1 aromatic carbocycles. The lowest BCUT2D eigenvalue weighted by Gasteiger charge is -2.05. The van der Waals surface area contributed by atoms with Crippen molar-refractivity contribution in [3.8, 4) is 5.75 Å². The molecule has 1 aromatic heterocycles. The lowest BCUT2D eigenvalue weighted by Crippen LogP contribution is -1.88. The number of benzene rings is 1. The number of hydrogen-bond acceptors (Lipinski definition) is 1. The summed E-state index contributed by atoms with van der Waals surface area (Å²) >= 11 is 0. The second kappa shape index (κ2) is 3.66. The van der Waals surface area contributed by atoms with E-state index < -0.39 is 0 Å². The molecule has 3 heteroatoms. The number of H-pyrrole nitrogens is 1. The minimum Gasteiger partial charge on any atom is -0.496 e. The van der Waals surface area contributed by atoms with Crippen LogP contribution in [0.2, 0.25) is 0 Å². The average molecular weight is 200 g/mol. The van der Waals surface area contributed by atoms with E-state index in [0.717, 1.165) is 27.8 Å². The van der Waals surface area contributed by atoms with Crippen LogP contribution in [0.4, 0.5) is 0 Å². The van der Waals surface area contributed by atoms with Crippen molar-refractivity contribution in [1.82, 2.24) is 4.98 Å². The average Bonchev–Trinajstić information content (AvgIpc) is 2.64. The summed E-state index contributed by atoms with van der Waals surface area (Å²) in [6.45, 7) is 9.33. The number of aromatic nitrogens is 1. The molecule has 0 radical (unpaired) electrons. The molecule has 0 saturated heterocycles. The van der Waals surface area contributed by atoms with Crippen LogP contribution in [-0.2, 0) is 6.54 Å². The van der Waals surface area contributed by atoms with Gasteiger partial charge in [0.2, 0.25) is 6.54 Å². The summed E-state index contributed by atoms with van der Waals surface area (Å²) in [5, 5.41) is 1.12. The van der Waals surface area contributed by atoms with Crippen molar-refractivity contribution in [2.24, 2.45) is 0 Å². The molecule has 0 amide bonds. The number of nitrogens with one attached hydrogen (secondary N) is 1. The maximum Gasteiger partial charge on any atom is 0.241 e. The van der Waals surface area contributed by atoms with Gasteiger partial charge in [0, 0.05) is 22.7 Å². The number of fused-ring (bicyclic) bond motifs is 1. The summed E-state index contributed by atoms with van der Waals surface area (Å²) in [4.78, 5) is 6.58. The van der Waals surface area contributed by atoms with Crippen LogP contribution in [0.25, 0.3) is 15.7 Å². The Morgan fingerprint density at radius 1 is 1.47 bits per heavy atom. The van der Waals surface area contributed by atoms with Crippen LogP contribution in [0.15, 0.2) is 18.3 Å². The first-order valence-corrected chi connectivity index (χ1v) is 4.74. The third kappa shape index (κ3) is 1.44. The van der Waals surface area contributed by atoms with Crippen molar-refractivity contribution in [2.45, 2.75) is 13.5 Å². The molecule has 0 aliphatic carbocycles. The zero-order valence-electron chi connectivity index (χ0n) is 8.79. The quantitative estimate of drug-likeness (QED) is 0.742.